The smallest absolute Gasteiger partial charge is 0.156 e. The minimum atomic E-state index is -0.329. The Hall–Kier alpha value is -1.30. The van der Waals surface area contributed by atoms with Gasteiger partial charge in [-0.1, -0.05) is 6.92 Å². The van der Waals surface area contributed by atoms with E-state index in [0.717, 1.165) is 0 Å². The van der Waals surface area contributed by atoms with Gasteiger partial charge in [0.2, 0.25) is 0 Å². The van der Waals surface area contributed by atoms with Crippen molar-refractivity contribution in [3.8, 4) is 5.69 Å². The van der Waals surface area contributed by atoms with Crippen LogP contribution in [0.2, 0.25) is 0 Å². The van der Waals surface area contributed by atoms with Crippen LogP contribution in [-0.2, 0) is 6.42 Å². The average Bonchev–Trinajstić information content (AvgIpc) is 2.70. The van der Waals surface area contributed by atoms with Crippen molar-refractivity contribution in [2.24, 2.45) is 0 Å². The van der Waals surface area contributed by atoms with Gasteiger partial charge in [0, 0.05) is 12.5 Å². The van der Waals surface area contributed by atoms with Crippen molar-refractivity contribution in [3.05, 3.63) is 34.3 Å². The molecule has 0 atom stereocenters. The summed E-state index contributed by atoms with van der Waals surface area (Å²) in [5.74, 6) is 0.377. The molecule has 0 spiro atoms. The highest BCUT2D eigenvalue weighted by atomic mass is 79.9. The summed E-state index contributed by atoms with van der Waals surface area (Å²) in [5.41, 5.74) is 0.623. The van der Waals surface area contributed by atoms with Crippen molar-refractivity contribution >= 4 is 15.9 Å². The predicted molar refractivity (Wildman–Crippen MR) is 56.2 cm³/mol. The van der Waals surface area contributed by atoms with E-state index in [4.69, 9.17) is 0 Å². The normalized spacial score (nSPS) is 10.6. The lowest BCUT2D eigenvalue weighted by Crippen LogP contribution is -2.02. The number of tetrazole rings is 1. The molecular formula is C9H8BrFN4. The lowest BCUT2D eigenvalue weighted by molar-refractivity contribution is 0.617. The van der Waals surface area contributed by atoms with Gasteiger partial charge in [0.15, 0.2) is 5.82 Å². The number of benzene rings is 1. The minimum Gasteiger partial charge on any atom is -0.206 e. The molecule has 0 amide bonds. The van der Waals surface area contributed by atoms with Crippen LogP contribution < -0.4 is 0 Å². The van der Waals surface area contributed by atoms with E-state index in [9.17, 15) is 4.39 Å². The summed E-state index contributed by atoms with van der Waals surface area (Å²) in [6.45, 7) is 1.94. The zero-order valence-corrected chi connectivity index (χ0v) is 9.57. The zero-order valence-electron chi connectivity index (χ0n) is 7.98. The Morgan fingerprint density at radius 2 is 2.27 bits per heavy atom. The molecule has 0 aliphatic carbocycles. The summed E-state index contributed by atoms with van der Waals surface area (Å²) < 4.78 is 15.2. The van der Waals surface area contributed by atoms with Crippen LogP contribution in [0.4, 0.5) is 4.39 Å². The van der Waals surface area contributed by atoms with Crippen LogP contribution in [-0.4, -0.2) is 20.2 Å². The quantitative estimate of drug-likeness (QED) is 0.840. The summed E-state index contributed by atoms with van der Waals surface area (Å²) in [7, 11) is 0. The summed E-state index contributed by atoms with van der Waals surface area (Å²) in [5, 5.41) is 11.2. The third kappa shape index (κ3) is 1.90. The summed E-state index contributed by atoms with van der Waals surface area (Å²) in [4.78, 5) is 0. The van der Waals surface area contributed by atoms with E-state index < -0.39 is 0 Å². The van der Waals surface area contributed by atoms with Crippen molar-refractivity contribution in [2.45, 2.75) is 13.3 Å². The molecule has 0 radical (unpaired) electrons. The van der Waals surface area contributed by atoms with Crippen molar-refractivity contribution < 1.29 is 4.39 Å². The van der Waals surface area contributed by atoms with E-state index in [-0.39, 0.29) is 5.82 Å². The van der Waals surface area contributed by atoms with E-state index in [2.05, 4.69) is 31.5 Å². The van der Waals surface area contributed by atoms with Gasteiger partial charge < -0.3 is 0 Å². The Labute approximate surface area is 94.2 Å². The van der Waals surface area contributed by atoms with Crippen molar-refractivity contribution in [3.63, 3.8) is 0 Å². The molecule has 15 heavy (non-hydrogen) atoms. The van der Waals surface area contributed by atoms with E-state index in [1.807, 2.05) is 6.92 Å². The second-order valence-electron chi connectivity index (χ2n) is 2.96. The Balaban J connectivity index is 2.50. The molecular weight excluding hydrogens is 263 g/mol. The molecule has 0 bridgehead atoms. The van der Waals surface area contributed by atoms with Crippen LogP contribution in [0.15, 0.2) is 22.7 Å². The molecule has 0 unspecified atom stereocenters. The molecule has 0 fully saturated rings. The molecule has 4 nitrogen and oxygen atoms in total. The first-order chi connectivity index (χ1) is 7.22. The first kappa shape index (κ1) is 10.2. The Kier molecular flexibility index (Phi) is 2.77. The highest BCUT2D eigenvalue weighted by molar-refractivity contribution is 9.10. The van der Waals surface area contributed by atoms with Gasteiger partial charge in [0.05, 0.1) is 10.2 Å². The largest absolute Gasteiger partial charge is 0.206 e. The van der Waals surface area contributed by atoms with Gasteiger partial charge >= 0.3 is 0 Å². The maximum atomic E-state index is 13.3. The second-order valence-corrected chi connectivity index (χ2v) is 3.81. The number of hydrogen-bond acceptors (Lipinski definition) is 3. The van der Waals surface area contributed by atoms with Gasteiger partial charge in [0.1, 0.15) is 5.82 Å². The van der Waals surface area contributed by atoms with Crippen LogP contribution in [0.25, 0.3) is 5.69 Å². The highest BCUT2D eigenvalue weighted by Gasteiger charge is 2.08. The summed E-state index contributed by atoms with van der Waals surface area (Å²) in [6, 6.07) is 4.77. The molecule has 1 aromatic heterocycles. The summed E-state index contributed by atoms with van der Waals surface area (Å²) >= 11 is 3.09. The molecule has 0 saturated carbocycles. The van der Waals surface area contributed by atoms with Gasteiger partial charge in [-0.15, -0.1) is 5.10 Å². The monoisotopic (exact) mass is 270 g/mol. The van der Waals surface area contributed by atoms with Gasteiger partial charge in [-0.3, -0.25) is 0 Å². The van der Waals surface area contributed by atoms with Crippen LogP contribution >= 0.6 is 15.9 Å². The number of aromatic nitrogens is 4. The Morgan fingerprint density at radius 3 is 2.93 bits per heavy atom. The maximum absolute atomic E-state index is 13.3. The SMILES string of the molecule is CCc1nnnn1-c1ccc(Br)c(F)c1. The van der Waals surface area contributed by atoms with Crippen molar-refractivity contribution in [1.82, 2.24) is 20.2 Å². The molecule has 78 valence electrons. The standard InChI is InChI=1S/C9H8BrFN4/c1-2-9-12-13-14-15(9)6-3-4-7(10)8(11)5-6/h3-5H,2H2,1H3. The van der Waals surface area contributed by atoms with Gasteiger partial charge in [-0.2, -0.15) is 4.68 Å². The molecule has 1 heterocycles. The average molecular weight is 271 g/mol. The molecule has 1 aromatic carbocycles. The molecule has 6 heteroatoms. The topological polar surface area (TPSA) is 43.6 Å². The van der Waals surface area contributed by atoms with Gasteiger partial charge in [-0.05, 0) is 38.5 Å². The third-order valence-corrected chi connectivity index (χ3v) is 2.64. The number of nitrogens with zero attached hydrogens (tertiary/aromatic N) is 4. The molecule has 0 saturated heterocycles. The number of aryl methyl sites for hydroxylation is 1. The van der Waals surface area contributed by atoms with Gasteiger partial charge in [-0.25, -0.2) is 4.39 Å². The highest BCUT2D eigenvalue weighted by Crippen LogP contribution is 2.18. The van der Waals surface area contributed by atoms with Crippen LogP contribution in [0, 0.1) is 5.82 Å². The van der Waals surface area contributed by atoms with E-state index in [1.54, 1.807) is 12.1 Å². The summed E-state index contributed by atoms with van der Waals surface area (Å²) in [6.07, 6.45) is 0.699. The first-order valence-corrected chi connectivity index (χ1v) is 5.24. The van der Waals surface area contributed by atoms with E-state index in [1.165, 1.54) is 10.7 Å². The second kappa shape index (κ2) is 4.06. The van der Waals surface area contributed by atoms with Crippen LogP contribution in [0.5, 0.6) is 0 Å². The van der Waals surface area contributed by atoms with Crippen LogP contribution in [0.1, 0.15) is 12.7 Å². The molecule has 2 aromatic rings. The number of rotatable bonds is 2. The third-order valence-electron chi connectivity index (χ3n) is 2.00. The Morgan fingerprint density at radius 1 is 1.47 bits per heavy atom. The minimum absolute atomic E-state index is 0.329. The van der Waals surface area contributed by atoms with Crippen LogP contribution in [0.3, 0.4) is 0 Å². The fourth-order valence-electron chi connectivity index (χ4n) is 1.24. The van der Waals surface area contributed by atoms with Crippen molar-refractivity contribution in [2.75, 3.05) is 0 Å². The lowest BCUT2D eigenvalue weighted by Gasteiger charge is -2.03. The van der Waals surface area contributed by atoms with Crippen molar-refractivity contribution in [1.29, 1.82) is 0 Å². The number of halogens is 2. The Bertz CT molecular complexity index is 483. The molecule has 0 aliphatic rings. The zero-order chi connectivity index (χ0) is 10.8. The van der Waals surface area contributed by atoms with E-state index >= 15 is 0 Å². The fraction of sp³-hybridized carbons (Fsp3) is 0.222. The fourth-order valence-corrected chi connectivity index (χ4v) is 1.49. The molecule has 0 N–H and O–H groups in total. The molecule has 0 aliphatic heterocycles. The van der Waals surface area contributed by atoms with Gasteiger partial charge in [0.25, 0.3) is 0 Å². The lowest BCUT2D eigenvalue weighted by atomic mass is 10.3. The first-order valence-electron chi connectivity index (χ1n) is 4.45. The number of hydrogen-bond donors (Lipinski definition) is 0. The maximum Gasteiger partial charge on any atom is 0.156 e. The molecule has 2 rings (SSSR count). The van der Waals surface area contributed by atoms with E-state index in [0.29, 0.717) is 22.4 Å². The predicted octanol–water partition coefficient (Wildman–Crippen LogP) is 2.13.